The second-order valence-electron chi connectivity index (χ2n) is 20.7. The second kappa shape index (κ2) is 19.9. The highest BCUT2D eigenvalue weighted by Gasteiger charge is 2.45. The molecule has 2 amide bonds. The molecule has 3 atom stereocenters. The van der Waals surface area contributed by atoms with Gasteiger partial charge in [0.1, 0.15) is 11.2 Å². The highest BCUT2D eigenvalue weighted by Crippen LogP contribution is 2.46. The molecule has 16 nitrogen and oxygen atoms in total. The lowest BCUT2D eigenvalue weighted by Gasteiger charge is -2.39. The van der Waals surface area contributed by atoms with Crippen molar-refractivity contribution in [1.82, 2.24) is 48.7 Å². The van der Waals surface area contributed by atoms with Gasteiger partial charge in [-0.3, -0.25) is 25.2 Å². The quantitative estimate of drug-likeness (QED) is 0.139. The van der Waals surface area contributed by atoms with E-state index in [1.807, 2.05) is 115 Å². The number of piperazine rings is 2. The van der Waals surface area contributed by atoms with Crippen LogP contribution in [0, 0.1) is 5.41 Å². The first-order chi connectivity index (χ1) is 35.7. The van der Waals surface area contributed by atoms with E-state index < -0.39 is 6.04 Å². The van der Waals surface area contributed by atoms with Gasteiger partial charge < -0.3 is 34.1 Å². The van der Waals surface area contributed by atoms with E-state index in [1.54, 1.807) is 23.8 Å². The summed E-state index contributed by atoms with van der Waals surface area (Å²) >= 11 is 13.0. The van der Waals surface area contributed by atoms with Gasteiger partial charge in [-0.1, -0.05) is 47.5 Å². The van der Waals surface area contributed by atoms with E-state index in [9.17, 15) is 9.59 Å². The molecule has 6 heterocycles. The topological polar surface area (TPSA) is 177 Å². The van der Waals surface area contributed by atoms with Crippen LogP contribution in [0.4, 0.5) is 9.59 Å². The van der Waals surface area contributed by atoms with Crippen LogP contribution in [-0.2, 0) is 23.6 Å². The molecular formula is C56H60Cl2N12O4. The number of carbonyl (C=O) groups excluding carboxylic acids is 2. The van der Waals surface area contributed by atoms with Gasteiger partial charge >= 0.3 is 12.2 Å². The molecule has 18 heteroatoms. The zero-order valence-corrected chi connectivity index (χ0v) is 43.6. The average Bonchev–Trinajstić information content (AvgIpc) is 4.23. The number of nitrogens with zero attached hydrogens (tertiary/aromatic N) is 10. The third kappa shape index (κ3) is 9.88. The van der Waals surface area contributed by atoms with Gasteiger partial charge in [0.25, 0.3) is 0 Å². The molecule has 3 N–H and O–H groups in total. The minimum atomic E-state index is -0.396. The number of halogens is 2. The number of pyridine rings is 2. The lowest BCUT2D eigenvalue weighted by Crippen LogP contribution is -2.50. The minimum Gasteiger partial charge on any atom is -0.443 e. The van der Waals surface area contributed by atoms with Crippen molar-refractivity contribution in [2.45, 2.75) is 68.9 Å². The molecule has 0 spiro atoms. The van der Waals surface area contributed by atoms with E-state index in [-0.39, 0.29) is 35.5 Å². The maximum absolute atomic E-state index is 12.7. The van der Waals surface area contributed by atoms with Crippen LogP contribution in [-0.4, -0.2) is 130 Å². The zero-order chi connectivity index (χ0) is 51.5. The number of nitrogens with one attached hydrogen (secondary N) is 1. The summed E-state index contributed by atoms with van der Waals surface area (Å²) in [5, 5.41) is 10.4. The van der Waals surface area contributed by atoms with Gasteiger partial charge in [0, 0.05) is 94.5 Å². The molecule has 6 aliphatic rings. The van der Waals surface area contributed by atoms with Crippen LogP contribution < -0.4 is 5.73 Å². The summed E-state index contributed by atoms with van der Waals surface area (Å²) in [6.45, 7) is 9.14. The molecule has 12 rings (SSSR count). The monoisotopic (exact) mass is 1030 g/mol. The summed E-state index contributed by atoms with van der Waals surface area (Å²) in [6.07, 6.45) is 18.1. The van der Waals surface area contributed by atoms with Crippen molar-refractivity contribution in [1.29, 1.82) is 5.41 Å². The highest BCUT2D eigenvalue weighted by molar-refractivity contribution is 6.35. The number of hydrogen-bond acceptors (Lipinski definition) is 12. The van der Waals surface area contributed by atoms with Crippen molar-refractivity contribution < 1.29 is 19.1 Å². The number of fused-ring (bicyclic) bond motifs is 4. The summed E-state index contributed by atoms with van der Waals surface area (Å²) in [5.41, 5.74) is 18.0. The second-order valence-corrected chi connectivity index (χ2v) is 21.6. The minimum absolute atomic E-state index is 0.102. The van der Waals surface area contributed by atoms with Gasteiger partial charge in [0.05, 0.1) is 71.7 Å². The van der Waals surface area contributed by atoms with Gasteiger partial charge in [0.15, 0.2) is 0 Å². The Morgan fingerprint density at radius 2 is 1.16 bits per heavy atom. The number of aromatic nitrogens is 6. The number of allylic oxidation sites excluding steroid dienone is 1. The third-order valence-corrected chi connectivity index (χ3v) is 15.9. The number of amides is 2. The molecule has 2 saturated carbocycles. The van der Waals surface area contributed by atoms with Gasteiger partial charge in [-0.2, -0.15) is 0 Å². The summed E-state index contributed by atoms with van der Waals surface area (Å²) < 4.78 is 15.2. The molecule has 74 heavy (non-hydrogen) atoms. The molecule has 0 radical (unpaired) electrons. The Bertz CT molecular complexity index is 3210. The summed E-state index contributed by atoms with van der Waals surface area (Å²) in [7, 11) is 3.84. The zero-order valence-electron chi connectivity index (χ0n) is 42.0. The number of benzene rings is 2. The fraction of sp³-hybridized carbons (Fsp3) is 0.375. The van der Waals surface area contributed by atoms with Crippen LogP contribution in [0.5, 0.6) is 0 Å². The molecule has 2 aromatic carbocycles. The largest absolute Gasteiger partial charge is 0.443 e. The van der Waals surface area contributed by atoms with Gasteiger partial charge in [-0.05, 0) is 127 Å². The molecule has 382 valence electrons. The Morgan fingerprint density at radius 3 is 1.65 bits per heavy atom. The van der Waals surface area contributed by atoms with E-state index in [0.29, 0.717) is 68.1 Å². The number of rotatable bonds is 8. The van der Waals surface area contributed by atoms with Crippen LogP contribution in [0.2, 0.25) is 10.0 Å². The van der Waals surface area contributed by atoms with Crippen LogP contribution in [0.25, 0.3) is 23.3 Å². The normalized spacial score (nSPS) is 20.9. The van der Waals surface area contributed by atoms with E-state index in [0.717, 1.165) is 93.0 Å². The maximum Gasteiger partial charge on any atom is 0.410 e. The molecule has 2 aliphatic heterocycles. The predicted octanol–water partition coefficient (Wildman–Crippen LogP) is 9.21. The maximum atomic E-state index is 12.7. The van der Waals surface area contributed by atoms with Crippen LogP contribution in [0.1, 0.15) is 114 Å². The molecule has 2 saturated heterocycles. The number of nitrogens with two attached hydrogens (primary N) is 1. The van der Waals surface area contributed by atoms with Gasteiger partial charge in [0.2, 0.25) is 0 Å². The van der Waals surface area contributed by atoms with E-state index in [4.69, 9.17) is 53.8 Å². The predicted molar refractivity (Wildman–Crippen MR) is 286 cm³/mol. The number of hydrogen-bond donors (Lipinski definition) is 2. The molecule has 0 unspecified atom stereocenters. The van der Waals surface area contributed by atoms with E-state index >= 15 is 0 Å². The first kappa shape index (κ1) is 49.5. The number of ether oxygens (including phenoxy) is 2. The first-order valence-corrected chi connectivity index (χ1v) is 26.1. The Labute approximate surface area is 440 Å². The standard InChI is InChI=1S/C28H31ClN6O2.C28H29ClN6O2/c2*1-28(7-8-28)37-27(36)35-12-10-34(11-13-35)26-20-6-5-19(29)15-21(20)22(14-18-4-3-9-32-25(18)26)24(30)23-16-31-17-33(23)2/h3-6,9,14-17,24,26H,7-8,10-13,30H2,1-2H3;3-6,9,14-17,26,30H,7-8,10-13H2,1-2H3/t24-,26+;26-/m10/s1. The van der Waals surface area contributed by atoms with Crippen molar-refractivity contribution in [3.8, 4) is 0 Å². The molecular weight excluding hydrogens is 976 g/mol. The van der Waals surface area contributed by atoms with Crippen molar-refractivity contribution in [3.05, 3.63) is 164 Å². The van der Waals surface area contributed by atoms with Crippen molar-refractivity contribution in [2.24, 2.45) is 19.8 Å². The lowest BCUT2D eigenvalue weighted by molar-refractivity contribution is 0.0373. The van der Waals surface area contributed by atoms with Crippen LogP contribution >= 0.6 is 23.2 Å². The van der Waals surface area contributed by atoms with Gasteiger partial charge in [-0.25, -0.2) is 19.6 Å². The Balaban J connectivity index is 0.000000159. The summed E-state index contributed by atoms with van der Waals surface area (Å²) in [5.74, 6) is 0. The van der Waals surface area contributed by atoms with E-state index in [2.05, 4.69) is 38.0 Å². The van der Waals surface area contributed by atoms with Crippen LogP contribution in [0.15, 0.2) is 98.1 Å². The van der Waals surface area contributed by atoms with Crippen molar-refractivity contribution in [3.63, 3.8) is 0 Å². The average molecular weight is 1040 g/mol. The fourth-order valence-corrected chi connectivity index (χ4v) is 10.9. The Morgan fingerprint density at radius 1 is 0.676 bits per heavy atom. The number of imidazole rings is 2. The summed E-state index contributed by atoms with van der Waals surface area (Å²) in [6, 6.07) is 19.3. The first-order valence-electron chi connectivity index (χ1n) is 25.3. The lowest BCUT2D eigenvalue weighted by atomic mass is 9.90. The summed E-state index contributed by atoms with van der Waals surface area (Å²) in [4.78, 5) is 52.0. The fourth-order valence-electron chi connectivity index (χ4n) is 10.5. The van der Waals surface area contributed by atoms with Crippen molar-refractivity contribution >= 4 is 64.4 Å². The van der Waals surface area contributed by atoms with Crippen LogP contribution in [0.3, 0.4) is 0 Å². The number of carbonyl (C=O) groups is 2. The third-order valence-electron chi connectivity index (χ3n) is 15.4. The SMILES string of the molecule is Cn1cncc1C(=N)C1=Cc2cccnc2[C@@H](N2CCN(C(=O)OC3(C)CC3)CC2)c2ccc(Cl)cc21.Cn1cncc1[C@H](N)C1=Cc2cccnc2[C@@H](N2CCN(C(=O)OC3(C)CC3)CC2)c2ccc(Cl)cc21. The van der Waals surface area contributed by atoms with Crippen molar-refractivity contribution in [2.75, 3.05) is 52.4 Å². The Hall–Kier alpha value is -6.69. The highest BCUT2D eigenvalue weighted by atomic mass is 35.5. The molecule has 6 aromatic rings. The Kier molecular flexibility index (Phi) is 13.3. The smallest absolute Gasteiger partial charge is 0.410 e. The van der Waals surface area contributed by atoms with E-state index in [1.165, 1.54) is 0 Å². The molecule has 4 aliphatic carbocycles. The molecule has 4 aromatic heterocycles. The van der Waals surface area contributed by atoms with Gasteiger partial charge in [-0.15, -0.1) is 0 Å². The molecule has 4 fully saturated rings. The molecule has 0 bridgehead atoms. The number of aryl methyl sites for hydroxylation is 2.